The lowest BCUT2D eigenvalue weighted by Gasteiger charge is -2.08. The predicted molar refractivity (Wildman–Crippen MR) is 148 cm³/mol. The maximum Gasteiger partial charge on any atom is 0.343 e. The zero-order valence-corrected chi connectivity index (χ0v) is 21.5. The lowest BCUT2D eigenvalue weighted by Crippen LogP contribution is -2.08. The minimum atomic E-state index is -0.378. The number of unbranched alkanes of at least 4 members (excludes halogenated alkanes) is 9. The van der Waals surface area contributed by atoms with Crippen molar-refractivity contribution >= 4 is 18.1 Å². The molecule has 0 spiro atoms. The van der Waals surface area contributed by atoms with Gasteiger partial charge in [0, 0.05) is 12.4 Å². The highest BCUT2D eigenvalue weighted by atomic mass is 16.5. The Kier molecular flexibility index (Phi) is 12.3. The first-order chi connectivity index (χ1) is 17.7. The fraction of sp³-hybridized carbons (Fsp3) is 0.375. The Bertz CT molecular complexity index is 1030. The summed E-state index contributed by atoms with van der Waals surface area (Å²) >= 11 is 0. The average Bonchev–Trinajstić information content (AvgIpc) is 2.92. The molecule has 0 N–H and O–H groups in total. The van der Waals surface area contributed by atoms with E-state index < -0.39 is 0 Å². The van der Waals surface area contributed by atoms with Gasteiger partial charge < -0.3 is 9.47 Å². The molecule has 0 aliphatic carbocycles. The van der Waals surface area contributed by atoms with Crippen LogP contribution in [0.25, 0.3) is 12.2 Å². The molecule has 4 nitrogen and oxygen atoms in total. The third-order valence-electron chi connectivity index (χ3n) is 6.12. The Morgan fingerprint density at radius 1 is 0.667 bits per heavy atom. The van der Waals surface area contributed by atoms with Gasteiger partial charge in [-0.25, -0.2) is 4.79 Å². The number of carbonyl (C=O) groups is 1. The van der Waals surface area contributed by atoms with Gasteiger partial charge in [0.25, 0.3) is 0 Å². The van der Waals surface area contributed by atoms with E-state index in [-0.39, 0.29) is 5.97 Å². The first kappa shape index (κ1) is 27.2. The topological polar surface area (TPSA) is 48.4 Å². The summed E-state index contributed by atoms with van der Waals surface area (Å²) in [5, 5.41) is 0. The lowest BCUT2D eigenvalue weighted by atomic mass is 10.1. The van der Waals surface area contributed by atoms with Gasteiger partial charge in [-0.15, -0.1) is 0 Å². The number of ether oxygens (including phenoxy) is 2. The molecule has 3 rings (SSSR count). The zero-order valence-electron chi connectivity index (χ0n) is 21.5. The number of pyridine rings is 1. The van der Waals surface area contributed by atoms with Crippen molar-refractivity contribution < 1.29 is 14.3 Å². The molecule has 1 heterocycles. The van der Waals surface area contributed by atoms with E-state index in [1.54, 1.807) is 36.7 Å². The second-order valence-corrected chi connectivity index (χ2v) is 9.13. The molecular weight excluding hydrogens is 446 g/mol. The summed E-state index contributed by atoms with van der Waals surface area (Å²) in [5.41, 5.74) is 2.61. The molecule has 1 aromatic heterocycles. The second-order valence-electron chi connectivity index (χ2n) is 9.13. The van der Waals surface area contributed by atoms with Gasteiger partial charge in [0.2, 0.25) is 0 Å². The fourth-order valence-electron chi connectivity index (χ4n) is 3.95. The van der Waals surface area contributed by atoms with Gasteiger partial charge in [0.05, 0.1) is 12.2 Å². The standard InChI is InChI=1S/C32H39NO3/c1-2-3-4-5-6-7-8-9-10-11-26-35-30-20-16-29(17-21-30)32(34)36-31-18-14-27(15-19-31)12-13-28-22-24-33-25-23-28/h12-25H,2-11,26H2,1H3/b13-12+. The smallest absolute Gasteiger partial charge is 0.343 e. The summed E-state index contributed by atoms with van der Waals surface area (Å²) in [6.07, 6.45) is 20.6. The van der Waals surface area contributed by atoms with Crippen molar-refractivity contribution in [3.8, 4) is 11.5 Å². The molecule has 3 aromatic rings. The molecule has 0 radical (unpaired) electrons. The van der Waals surface area contributed by atoms with Gasteiger partial charge in [-0.1, -0.05) is 89.0 Å². The molecule has 0 fully saturated rings. The van der Waals surface area contributed by atoms with E-state index in [9.17, 15) is 4.79 Å². The molecule has 0 unspecified atom stereocenters. The quantitative estimate of drug-likeness (QED) is 0.116. The molecule has 0 atom stereocenters. The number of nitrogens with zero attached hydrogens (tertiary/aromatic N) is 1. The van der Waals surface area contributed by atoms with Crippen molar-refractivity contribution in [2.24, 2.45) is 0 Å². The van der Waals surface area contributed by atoms with Crippen LogP contribution in [0.4, 0.5) is 0 Å². The van der Waals surface area contributed by atoms with E-state index in [4.69, 9.17) is 9.47 Å². The summed E-state index contributed by atoms with van der Waals surface area (Å²) in [6.45, 7) is 2.97. The van der Waals surface area contributed by atoms with Crippen molar-refractivity contribution in [1.29, 1.82) is 0 Å². The summed E-state index contributed by atoms with van der Waals surface area (Å²) in [6, 6.07) is 18.5. The maximum absolute atomic E-state index is 12.5. The average molecular weight is 486 g/mol. The van der Waals surface area contributed by atoms with E-state index in [0.29, 0.717) is 17.9 Å². The van der Waals surface area contributed by atoms with E-state index in [2.05, 4.69) is 11.9 Å². The third-order valence-corrected chi connectivity index (χ3v) is 6.12. The van der Waals surface area contributed by atoms with Crippen LogP contribution in [0.3, 0.4) is 0 Å². The third kappa shape index (κ3) is 10.5. The molecular formula is C32H39NO3. The molecule has 36 heavy (non-hydrogen) atoms. The highest BCUT2D eigenvalue weighted by Gasteiger charge is 2.09. The van der Waals surface area contributed by atoms with Gasteiger partial charge in [0.1, 0.15) is 11.5 Å². The molecule has 0 amide bonds. The van der Waals surface area contributed by atoms with Gasteiger partial charge in [0.15, 0.2) is 0 Å². The van der Waals surface area contributed by atoms with Gasteiger partial charge in [-0.05, 0) is 66.1 Å². The van der Waals surface area contributed by atoms with Crippen LogP contribution in [0, 0.1) is 0 Å². The molecule has 2 aromatic carbocycles. The van der Waals surface area contributed by atoms with Crippen LogP contribution < -0.4 is 9.47 Å². The predicted octanol–water partition coefficient (Wildman–Crippen LogP) is 8.77. The number of carbonyl (C=O) groups excluding carboxylic acids is 1. The molecule has 190 valence electrons. The number of benzene rings is 2. The number of hydrogen-bond donors (Lipinski definition) is 0. The molecule has 0 saturated heterocycles. The van der Waals surface area contributed by atoms with Crippen molar-refractivity contribution in [3.05, 3.63) is 89.7 Å². The maximum atomic E-state index is 12.5. The minimum absolute atomic E-state index is 0.378. The largest absolute Gasteiger partial charge is 0.494 e. The number of aromatic nitrogens is 1. The summed E-state index contributed by atoms with van der Waals surface area (Å²) in [4.78, 5) is 16.5. The molecule has 4 heteroatoms. The van der Waals surface area contributed by atoms with Crippen LogP contribution in [0.1, 0.15) is 92.6 Å². The highest BCUT2D eigenvalue weighted by molar-refractivity contribution is 5.91. The van der Waals surface area contributed by atoms with Crippen LogP contribution in [-0.4, -0.2) is 17.6 Å². The Balaban J connectivity index is 1.32. The van der Waals surface area contributed by atoms with Crippen LogP contribution in [-0.2, 0) is 0 Å². The molecule has 0 aliphatic rings. The van der Waals surface area contributed by atoms with Gasteiger partial charge in [-0.3, -0.25) is 4.98 Å². The summed E-state index contributed by atoms with van der Waals surface area (Å²) in [5.74, 6) is 0.923. The minimum Gasteiger partial charge on any atom is -0.494 e. The monoisotopic (exact) mass is 485 g/mol. The van der Waals surface area contributed by atoms with Crippen molar-refractivity contribution in [2.75, 3.05) is 6.61 Å². The number of hydrogen-bond acceptors (Lipinski definition) is 4. The molecule has 0 bridgehead atoms. The van der Waals surface area contributed by atoms with Crippen LogP contribution in [0.5, 0.6) is 11.5 Å². The molecule has 0 aliphatic heterocycles. The van der Waals surface area contributed by atoms with E-state index in [1.165, 1.54) is 57.8 Å². The normalized spacial score (nSPS) is 11.0. The SMILES string of the molecule is CCCCCCCCCCCCOc1ccc(C(=O)Oc2ccc(/C=C/c3ccncc3)cc2)cc1. The van der Waals surface area contributed by atoms with Crippen LogP contribution >= 0.6 is 0 Å². The first-order valence-corrected chi connectivity index (χ1v) is 13.4. The van der Waals surface area contributed by atoms with Gasteiger partial charge in [-0.2, -0.15) is 0 Å². The van der Waals surface area contributed by atoms with Crippen molar-refractivity contribution in [2.45, 2.75) is 71.1 Å². The zero-order chi connectivity index (χ0) is 25.3. The van der Waals surface area contributed by atoms with Crippen molar-refractivity contribution in [3.63, 3.8) is 0 Å². The van der Waals surface area contributed by atoms with E-state index >= 15 is 0 Å². The van der Waals surface area contributed by atoms with Crippen LogP contribution in [0.15, 0.2) is 73.1 Å². The van der Waals surface area contributed by atoms with E-state index in [1.807, 2.05) is 48.6 Å². The second kappa shape index (κ2) is 16.3. The molecule has 0 saturated carbocycles. The Morgan fingerprint density at radius 3 is 1.81 bits per heavy atom. The number of rotatable bonds is 16. The van der Waals surface area contributed by atoms with Crippen LogP contribution in [0.2, 0.25) is 0 Å². The summed E-state index contributed by atoms with van der Waals surface area (Å²) < 4.78 is 11.4. The van der Waals surface area contributed by atoms with Gasteiger partial charge >= 0.3 is 5.97 Å². The highest BCUT2D eigenvalue weighted by Crippen LogP contribution is 2.18. The Labute approximate surface area is 216 Å². The van der Waals surface area contributed by atoms with Crippen molar-refractivity contribution in [1.82, 2.24) is 4.98 Å². The lowest BCUT2D eigenvalue weighted by molar-refractivity contribution is 0.0734. The van der Waals surface area contributed by atoms with E-state index in [0.717, 1.165) is 23.3 Å². The first-order valence-electron chi connectivity index (χ1n) is 13.4. The number of esters is 1. The Morgan fingerprint density at radius 2 is 1.19 bits per heavy atom. The Hall–Kier alpha value is -3.40. The fourth-order valence-corrected chi connectivity index (χ4v) is 3.95. The summed E-state index contributed by atoms with van der Waals surface area (Å²) in [7, 11) is 0.